The molecule has 3 unspecified atom stereocenters. The van der Waals surface area contributed by atoms with Crippen LogP contribution in [0, 0.1) is 5.92 Å². The smallest absolute Gasteiger partial charge is 0.150 e. The molecule has 1 aliphatic carbocycles. The Hall–Kier alpha value is -0.130. The van der Waals surface area contributed by atoms with Crippen LogP contribution >= 0.6 is 0 Å². The van der Waals surface area contributed by atoms with Crippen molar-refractivity contribution < 1.29 is 13.2 Å². The van der Waals surface area contributed by atoms with Crippen LogP contribution in [-0.2, 0) is 14.6 Å². The Kier molecular flexibility index (Phi) is 5.04. The second-order valence-electron chi connectivity index (χ2n) is 5.79. The third-order valence-electron chi connectivity index (χ3n) is 4.24. The fourth-order valence-corrected chi connectivity index (χ4v) is 4.20. The zero-order valence-corrected chi connectivity index (χ0v) is 12.0. The van der Waals surface area contributed by atoms with Crippen molar-refractivity contribution in [2.24, 2.45) is 5.92 Å². The van der Waals surface area contributed by atoms with E-state index in [0.717, 1.165) is 51.9 Å². The molecular formula is C13H25NO3S. The molecule has 0 amide bonds. The van der Waals surface area contributed by atoms with Gasteiger partial charge in [-0.2, -0.15) is 0 Å². The van der Waals surface area contributed by atoms with Crippen molar-refractivity contribution in [3.8, 4) is 0 Å². The van der Waals surface area contributed by atoms with Gasteiger partial charge in [-0.05, 0) is 44.6 Å². The molecule has 1 aliphatic heterocycles. The molecule has 2 aliphatic rings. The van der Waals surface area contributed by atoms with Crippen molar-refractivity contribution in [2.75, 3.05) is 26.0 Å². The molecule has 0 spiro atoms. The van der Waals surface area contributed by atoms with Crippen LogP contribution < -0.4 is 5.32 Å². The molecule has 0 aromatic heterocycles. The Bertz CT molecular complexity index is 349. The second kappa shape index (κ2) is 6.35. The van der Waals surface area contributed by atoms with Gasteiger partial charge in [0.25, 0.3) is 0 Å². The second-order valence-corrected chi connectivity index (χ2v) is 8.11. The summed E-state index contributed by atoms with van der Waals surface area (Å²) in [5.74, 6) is 0.701. The van der Waals surface area contributed by atoms with Gasteiger partial charge in [-0.25, -0.2) is 8.42 Å². The summed E-state index contributed by atoms with van der Waals surface area (Å²) in [6, 6.07) is 0.390. The highest BCUT2D eigenvalue weighted by Gasteiger charge is 2.28. The van der Waals surface area contributed by atoms with Crippen LogP contribution in [0.3, 0.4) is 0 Å². The maximum Gasteiger partial charge on any atom is 0.150 e. The standard InChI is InChI=1S/C13H25NO3S/c1-18(15,16)13-4-2-3-12(9-13)14-7-5-11-6-8-17-10-11/h11-14H,2-10H2,1H3. The first-order chi connectivity index (χ1) is 8.55. The van der Waals surface area contributed by atoms with E-state index >= 15 is 0 Å². The van der Waals surface area contributed by atoms with Gasteiger partial charge in [-0.1, -0.05) is 6.42 Å². The van der Waals surface area contributed by atoms with E-state index in [1.807, 2.05) is 0 Å². The molecule has 18 heavy (non-hydrogen) atoms. The third-order valence-corrected chi connectivity index (χ3v) is 5.88. The minimum absolute atomic E-state index is 0.126. The summed E-state index contributed by atoms with van der Waals surface area (Å²) in [5, 5.41) is 3.40. The van der Waals surface area contributed by atoms with E-state index in [1.54, 1.807) is 0 Å². The van der Waals surface area contributed by atoms with Gasteiger partial charge in [0.2, 0.25) is 0 Å². The van der Waals surface area contributed by atoms with Gasteiger partial charge in [-0.15, -0.1) is 0 Å². The van der Waals surface area contributed by atoms with Crippen LogP contribution in [0.25, 0.3) is 0 Å². The molecule has 0 bridgehead atoms. The summed E-state index contributed by atoms with van der Waals surface area (Å²) in [6.07, 6.45) is 7.48. The fraction of sp³-hybridized carbons (Fsp3) is 1.00. The van der Waals surface area contributed by atoms with Crippen molar-refractivity contribution in [3.05, 3.63) is 0 Å². The van der Waals surface area contributed by atoms with E-state index in [2.05, 4.69) is 5.32 Å². The molecule has 3 atom stereocenters. The lowest BCUT2D eigenvalue weighted by Gasteiger charge is -2.29. The highest BCUT2D eigenvalue weighted by atomic mass is 32.2. The summed E-state index contributed by atoms with van der Waals surface area (Å²) in [7, 11) is -2.86. The molecular weight excluding hydrogens is 250 g/mol. The molecule has 5 heteroatoms. The highest BCUT2D eigenvalue weighted by Crippen LogP contribution is 2.24. The maximum atomic E-state index is 11.6. The summed E-state index contributed by atoms with van der Waals surface area (Å²) in [5.41, 5.74) is 0. The Balaban J connectivity index is 1.69. The molecule has 1 saturated heterocycles. The first-order valence-corrected chi connectivity index (χ1v) is 9.01. The summed E-state index contributed by atoms with van der Waals surface area (Å²) < 4.78 is 28.5. The normalized spacial score (nSPS) is 33.7. The van der Waals surface area contributed by atoms with Crippen LogP contribution in [0.1, 0.15) is 38.5 Å². The van der Waals surface area contributed by atoms with Gasteiger partial charge < -0.3 is 10.1 Å². The average molecular weight is 275 g/mol. The van der Waals surface area contributed by atoms with Crippen molar-refractivity contribution in [1.82, 2.24) is 5.32 Å². The van der Waals surface area contributed by atoms with Gasteiger partial charge in [0.1, 0.15) is 9.84 Å². The Labute approximate surface area is 110 Å². The van der Waals surface area contributed by atoms with Crippen molar-refractivity contribution in [2.45, 2.75) is 49.8 Å². The van der Waals surface area contributed by atoms with Gasteiger partial charge in [0, 0.05) is 25.5 Å². The zero-order chi connectivity index (χ0) is 13.0. The average Bonchev–Trinajstić information content (AvgIpc) is 2.81. The zero-order valence-electron chi connectivity index (χ0n) is 11.2. The predicted molar refractivity (Wildman–Crippen MR) is 72.4 cm³/mol. The van der Waals surface area contributed by atoms with Gasteiger partial charge >= 0.3 is 0 Å². The lowest BCUT2D eigenvalue weighted by Crippen LogP contribution is -2.39. The minimum Gasteiger partial charge on any atom is -0.381 e. The third kappa shape index (κ3) is 4.21. The van der Waals surface area contributed by atoms with Crippen molar-refractivity contribution in [1.29, 1.82) is 0 Å². The number of nitrogens with one attached hydrogen (secondary N) is 1. The van der Waals surface area contributed by atoms with E-state index < -0.39 is 9.84 Å². The summed E-state index contributed by atoms with van der Waals surface area (Å²) in [6.45, 7) is 2.80. The van der Waals surface area contributed by atoms with Crippen LogP contribution in [0.4, 0.5) is 0 Å². The number of sulfone groups is 1. The number of ether oxygens (including phenoxy) is 1. The molecule has 0 radical (unpaired) electrons. The van der Waals surface area contributed by atoms with Crippen LogP contribution in [0.15, 0.2) is 0 Å². The lowest BCUT2D eigenvalue weighted by molar-refractivity contribution is 0.183. The van der Waals surface area contributed by atoms with E-state index in [0.29, 0.717) is 12.0 Å². The van der Waals surface area contributed by atoms with Crippen molar-refractivity contribution in [3.63, 3.8) is 0 Å². The van der Waals surface area contributed by atoms with Crippen LogP contribution in [0.5, 0.6) is 0 Å². The molecule has 4 nitrogen and oxygen atoms in total. The molecule has 0 aromatic carbocycles. The molecule has 0 aromatic rings. The molecule has 1 heterocycles. The minimum atomic E-state index is -2.86. The van der Waals surface area contributed by atoms with E-state index in [-0.39, 0.29) is 5.25 Å². The van der Waals surface area contributed by atoms with E-state index in [1.165, 1.54) is 12.7 Å². The van der Waals surface area contributed by atoms with E-state index in [9.17, 15) is 8.42 Å². The molecule has 2 fully saturated rings. The number of hydrogen-bond donors (Lipinski definition) is 1. The topological polar surface area (TPSA) is 55.4 Å². The first kappa shape index (κ1) is 14.3. The molecule has 2 rings (SSSR count). The van der Waals surface area contributed by atoms with Gasteiger partial charge in [0.05, 0.1) is 5.25 Å². The summed E-state index contributed by atoms with van der Waals surface area (Å²) >= 11 is 0. The Morgan fingerprint density at radius 3 is 2.78 bits per heavy atom. The predicted octanol–water partition coefficient (Wildman–Crippen LogP) is 1.36. The number of rotatable bonds is 5. The Morgan fingerprint density at radius 1 is 1.28 bits per heavy atom. The Morgan fingerprint density at radius 2 is 2.11 bits per heavy atom. The fourth-order valence-electron chi connectivity index (χ4n) is 3.02. The number of hydrogen-bond acceptors (Lipinski definition) is 4. The van der Waals surface area contributed by atoms with Crippen molar-refractivity contribution >= 4 is 9.84 Å². The largest absolute Gasteiger partial charge is 0.381 e. The molecule has 1 saturated carbocycles. The monoisotopic (exact) mass is 275 g/mol. The quantitative estimate of drug-likeness (QED) is 0.823. The summed E-state index contributed by atoms with van der Waals surface area (Å²) in [4.78, 5) is 0. The highest BCUT2D eigenvalue weighted by molar-refractivity contribution is 7.91. The van der Waals surface area contributed by atoms with Crippen LogP contribution in [-0.4, -0.2) is 45.7 Å². The maximum absolute atomic E-state index is 11.6. The van der Waals surface area contributed by atoms with Gasteiger partial charge in [-0.3, -0.25) is 0 Å². The molecule has 1 N–H and O–H groups in total. The van der Waals surface area contributed by atoms with E-state index in [4.69, 9.17) is 4.74 Å². The SMILES string of the molecule is CS(=O)(=O)C1CCCC(NCCC2CCOC2)C1. The van der Waals surface area contributed by atoms with Crippen LogP contribution in [0.2, 0.25) is 0 Å². The lowest BCUT2D eigenvalue weighted by atomic mass is 9.94. The molecule has 106 valence electrons. The van der Waals surface area contributed by atoms with Gasteiger partial charge in [0.15, 0.2) is 0 Å². The first-order valence-electron chi connectivity index (χ1n) is 7.05.